The molecule has 0 unspecified atom stereocenters. The molecule has 0 spiro atoms. The molecule has 0 saturated heterocycles. The van der Waals surface area contributed by atoms with Crippen LogP contribution < -0.4 is 19.1 Å². The van der Waals surface area contributed by atoms with Crippen molar-refractivity contribution < 1.29 is 27.4 Å². The lowest BCUT2D eigenvalue weighted by atomic mass is 10.2. The molecule has 0 bridgehead atoms. The van der Waals surface area contributed by atoms with E-state index in [9.17, 15) is 13.2 Å². The molecule has 9 heteroatoms. The SMILES string of the molecule is CCOc1ccc(N(CC(=O)NCCCOC)S(=O)(=O)c2cc(C)ccc2OC)cc1. The lowest BCUT2D eigenvalue weighted by Crippen LogP contribution is -2.41. The van der Waals surface area contributed by atoms with Crippen LogP contribution in [0.25, 0.3) is 0 Å². The van der Waals surface area contributed by atoms with E-state index in [2.05, 4.69) is 5.32 Å². The first-order valence-corrected chi connectivity index (χ1v) is 11.4. The number of aryl methyl sites for hydroxylation is 1. The highest BCUT2D eigenvalue weighted by Gasteiger charge is 2.30. The first-order valence-electron chi connectivity index (χ1n) is 9.99. The Morgan fingerprint density at radius 3 is 2.42 bits per heavy atom. The molecule has 0 aliphatic rings. The number of carbonyl (C=O) groups excluding carboxylic acids is 1. The number of benzene rings is 2. The topological polar surface area (TPSA) is 94.2 Å². The van der Waals surface area contributed by atoms with Crippen molar-refractivity contribution in [3.8, 4) is 11.5 Å². The van der Waals surface area contributed by atoms with Crippen LogP contribution in [-0.2, 0) is 19.6 Å². The molecule has 0 aliphatic carbocycles. The van der Waals surface area contributed by atoms with Gasteiger partial charge in [0.2, 0.25) is 5.91 Å². The molecule has 2 aromatic carbocycles. The lowest BCUT2D eigenvalue weighted by molar-refractivity contribution is -0.119. The van der Waals surface area contributed by atoms with Crippen LogP contribution in [0.5, 0.6) is 11.5 Å². The van der Waals surface area contributed by atoms with E-state index in [1.807, 2.05) is 6.92 Å². The fraction of sp³-hybridized carbons (Fsp3) is 0.409. The number of amides is 1. The summed E-state index contributed by atoms with van der Waals surface area (Å²) in [5.74, 6) is 0.406. The average Bonchev–Trinajstić information content (AvgIpc) is 2.76. The van der Waals surface area contributed by atoms with Gasteiger partial charge in [0.1, 0.15) is 22.9 Å². The number of methoxy groups -OCH3 is 2. The van der Waals surface area contributed by atoms with Crippen molar-refractivity contribution in [1.82, 2.24) is 5.32 Å². The van der Waals surface area contributed by atoms with Crippen molar-refractivity contribution in [1.29, 1.82) is 0 Å². The molecule has 2 rings (SSSR count). The van der Waals surface area contributed by atoms with E-state index in [1.165, 1.54) is 13.2 Å². The number of carbonyl (C=O) groups is 1. The summed E-state index contributed by atoms with van der Waals surface area (Å²) in [5.41, 5.74) is 1.11. The normalized spacial score (nSPS) is 11.1. The second-order valence-electron chi connectivity index (χ2n) is 6.79. The minimum atomic E-state index is -4.09. The van der Waals surface area contributed by atoms with E-state index < -0.39 is 15.9 Å². The monoisotopic (exact) mass is 450 g/mol. The van der Waals surface area contributed by atoms with Crippen LogP contribution in [0.15, 0.2) is 47.4 Å². The van der Waals surface area contributed by atoms with Gasteiger partial charge in [-0.3, -0.25) is 9.10 Å². The maximum Gasteiger partial charge on any atom is 0.268 e. The second kappa shape index (κ2) is 11.6. The number of nitrogens with one attached hydrogen (secondary N) is 1. The Labute approximate surface area is 184 Å². The molecule has 31 heavy (non-hydrogen) atoms. The van der Waals surface area contributed by atoms with E-state index in [0.717, 1.165) is 9.87 Å². The van der Waals surface area contributed by atoms with Gasteiger partial charge in [-0.05, 0) is 62.2 Å². The Hall–Kier alpha value is -2.78. The zero-order chi connectivity index (χ0) is 22.9. The smallest absolute Gasteiger partial charge is 0.268 e. The molecule has 0 heterocycles. The molecule has 0 fully saturated rings. The Kier molecular flexibility index (Phi) is 9.14. The Balaban J connectivity index is 2.41. The molecule has 0 saturated carbocycles. The number of hydrogen-bond acceptors (Lipinski definition) is 6. The maximum absolute atomic E-state index is 13.6. The number of rotatable bonds is 12. The molecule has 0 aliphatic heterocycles. The molecule has 0 aromatic heterocycles. The Morgan fingerprint density at radius 1 is 1.10 bits per heavy atom. The molecule has 2 aromatic rings. The van der Waals surface area contributed by atoms with Gasteiger partial charge >= 0.3 is 0 Å². The van der Waals surface area contributed by atoms with Crippen LogP contribution in [-0.4, -0.2) is 54.8 Å². The molecular weight excluding hydrogens is 420 g/mol. The van der Waals surface area contributed by atoms with Gasteiger partial charge < -0.3 is 19.5 Å². The zero-order valence-corrected chi connectivity index (χ0v) is 19.2. The predicted molar refractivity (Wildman–Crippen MR) is 119 cm³/mol. The van der Waals surface area contributed by atoms with Gasteiger partial charge in [-0.25, -0.2) is 8.42 Å². The molecule has 8 nitrogen and oxygen atoms in total. The fourth-order valence-electron chi connectivity index (χ4n) is 2.93. The van der Waals surface area contributed by atoms with Crippen LogP contribution in [0.2, 0.25) is 0 Å². The van der Waals surface area contributed by atoms with Gasteiger partial charge in [0.15, 0.2) is 0 Å². The van der Waals surface area contributed by atoms with Gasteiger partial charge in [0.25, 0.3) is 10.0 Å². The van der Waals surface area contributed by atoms with Crippen molar-refractivity contribution in [2.24, 2.45) is 0 Å². The number of anilines is 1. The summed E-state index contributed by atoms with van der Waals surface area (Å²) in [5, 5.41) is 2.73. The first-order chi connectivity index (χ1) is 14.8. The first kappa shape index (κ1) is 24.5. The molecule has 1 N–H and O–H groups in total. The number of ether oxygens (including phenoxy) is 3. The van der Waals surface area contributed by atoms with Gasteiger partial charge in [-0.15, -0.1) is 0 Å². The number of sulfonamides is 1. The third-order valence-electron chi connectivity index (χ3n) is 4.46. The van der Waals surface area contributed by atoms with Crippen LogP contribution in [0.3, 0.4) is 0 Å². The van der Waals surface area contributed by atoms with Gasteiger partial charge in [-0.2, -0.15) is 0 Å². The van der Waals surface area contributed by atoms with Gasteiger partial charge in [0, 0.05) is 20.3 Å². The minimum Gasteiger partial charge on any atom is -0.495 e. The van der Waals surface area contributed by atoms with Crippen molar-refractivity contribution in [2.75, 3.05) is 44.8 Å². The van der Waals surface area contributed by atoms with E-state index >= 15 is 0 Å². The minimum absolute atomic E-state index is 0.00364. The summed E-state index contributed by atoms with van der Waals surface area (Å²) in [4.78, 5) is 12.5. The molecule has 0 radical (unpaired) electrons. The summed E-state index contributed by atoms with van der Waals surface area (Å²) < 4.78 is 44.0. The largest absolute Gasteiger partial charge is 0.495 e. The van der Waals surface area contributed by atoms with Crippen LogP contribution in [0.1, 0.15) is 18.9 Å². The Bertz CT molecular complexity index is 960. The van der Waals surface area contributed by atoms with Crippen molar-refractivity contribution in [3.63, 3.8) is 0 Å². The van der Waals surface area contributed by atoms with Crippen LogP contribution in [0.4, 0.5) is 5.69 Å². The van der Waals surface area contributed by atoms with Gasteiger partial charge in [-0.1, -0.05) is 6.07 Å². The fourth-order valence-corrected chi connectivity index (χ4v) is 4.59. The van der Waals surface area contributed by atoms with E-state index in [0.29, 0.717) is 37.6 Å². The summed E-state index contributed by atoms with van der Waals surface area (Å²) >= 11 is 0. The summed E-state index contributed by atoms with van der Waals surface area (Å²) in [6.07, 6.45) is 0.629. The van der Waals surface area contributed by atoms with E-state index in [-0.39, 0.29) is 17.2 Å². The summed E-state index contributed by atoms with van der Waals surface area (Å²) in [6, 6.07) is 11.5. The third-order valence-corrected chi connectivity index (χ3v) is 6.25. The van der Waals surface area contributed by atoms with Crippen LogP contribution in [0, 0.1) is 6.92 Å². The molecular formula is C22H30N2O6S. The predicted octanol–water partition coefficient (Wildman–Crippen LogP) is 2.75. The number of hydrogen-bond donors (Lipinski definition) is 1. The second-order valence-corrected chi connectivity index (χ2v) is 8.62. The average molecular weight is 451 g/mol. The van der Waals surface area contributed by atoms with Crippen molar-refractivity contribution in [2.45, 2.75) is 25.2 Å². The van der Waals surface area contributed by atoms with Crippen molar-refractivity contribution in [3.05, 3.63) is 48.0 Å². The lowest BCUT2D eigenvalue weighted by Gasteiger charge is -2.25. The highest BCUT2D eigenvalue weighted by molar-refractivity contribution is 7.93. The number of nitrogens with zero attached hydrogens (tertiary/aromatic N) is 1. The Morgan fingerprint density at radius 2 is 1.81 bits per heavy atom. The molecule has 170 valence electrons. The van der Waals surface area contributed by atoms with E-state index in [1.54, 1.807) is 50.4 Å². The molecule has 1 amide bonds. The highest BCUT2D eigenvalue weighted by atomic mass is 32.2. The van der Waals surface area contributed by atoms with E-state index in [4.69, 9.17) is 14.2 Å². The summed E-state index contributed by atoms with van der Waals surface area (Å²) in [6.45, 7) is 4.66. The quantitative estimate of drug-likeness (QED) is 0.500. The maximum atomic E-state index is 13.6. The van der Waals surface area contributed by atoms with Gasteiger partial charge in [0.05, 0.1) is 19.4 Å². The highest BCUT2D eigenvalue weighted by Crippen LogP contribution is 2.31. The zero-order valence-electron chi connectivity index (χ0n) is 18.4. The van der Waals surface area contributed by atoms with Crippen LogP contribution >= 0.6 is 0 Å². The molecule has 0 atom stereocenters. The standard InChI is InChI=1S/C22H30N2O6S/c1-5-30-19-10-8-18(9-11-19)24(16-22(25)23-13-6-14-28-3)31(26,27)21-15-17(2)7-12-20(21)29-4/h7-12,15H,5-6,13-14,16H2,1-4H3,(H,23,25). The third kappa shape index (κ3) is 6.60. The summed E-state index contributed by atoms with van der Waals surface area (Å²) in [7, 11) is -1.10. The van der Waals surface area contributed by atoms with Crippen molar-refractivity contribution >= 4 is 21.6 Å².